The standard InChI is InChI=1S/C26H26N2O10S3/c1-13(2)25(30)27-10-4-3-5-18(26(31)32)28-41(37,38)22-12-21(40(35)36)16-8-7-15-20(39(33)34)11-19(29)14-6-9-17(22)24(16)23(14)15/h6-9,11-12,18,28-29,39-40H,1,3-5,10H2,2H3,(H,27,30)(H,31,32). The lowest BCUT2D eigenvalue weighted by atomic mass is 9.94. The predicted molar refractivity (Wildman–Crippen MR) is 152 cm³/mol. The minimum Gasteiger partial charge on any atom is -0.507 e. The first-order valence-corrected chi connectivity index (χ1v) is 16.0. The molecule has 0 aliphatic heterocycles. The molecular weight excluding hydrogens is 596 g/mol. The van der Waals surface area contributed by atoms with Gasteiger partial charge in [-0.05, 0) is 44.4 Å². The lowest BCUT2D eigenvalue weighted by Gasteiger charge is -2.19. The number of aliphatic carboxylic acids is 1. The van der Waals surface area contributed by atoms with Gasteiger partial charge in [-0.1, -0.05) is 24.8 Å². The second-order valence-electron chi connectivity index (χ2n) is 9.44. The molecule has 4 rings (SSSR count). The molecule has 0 bridgehead atoms. The van der Waals surface area contributed by atoms with Crippen molar-refractivity contribution in [3.8, 4) is 5.75 Å². The van der Waals surface area contributed by atoms with Crippen molar-refractivity contribution in [1.29, 1.82) is 0 Å². The van der Waals surface area contributed by atoms with Gasteiger partial charge in [-0.2, -0.15) is 4.72 Å². The Hall–Kier alpha value is -3.79. The zero-order valence-electron chi connectivity index (χ0n) is 21.5. The predicted octanol–water partition coefficient (Wildman–Crippen LogP) is 1.82. The van der Waals surface area contributed by atoms with Gasteiger partial charge in [-0.3, -0.25) is 9.59 Å². The average Bonchev–Trinajstić information content (AvgIpc) is 2.90. The Bertz CT molecular complexity index is 1980. The molecule has 0 fully saturated rings. The van der Waals surface area contributed by atoms with Crippen LogP contribution in [0.25, 0.3) is 32.3 Å². The topological polar surface area (TPSA) is 201 Å². The van der Waals surface area contributed by atoms with Gasteiger partial charge in [0.25, 0.3) is 0 Å². The summed E-state index contributed by atoms with van der Waals surface area (Å²) in [5.41, 5.74) is 0.307. The van der Waals surface area contributed by atoms with Crippen LogP contribution in [0, 0.1) is 0 Å². The number of rotatable bonds is 12. The van der Waals surface area contributed by atoms with Crippen molar-refractivity contribution in [1.82, 2.24) is 10.0 Å². The number of carbonyl (C=O) groups is 2. The second-order valence-corrected chi connectivity index (χ2v) is 13.1. The van der Waals surface area contributed by atoms with Crippen LogP contribution in [0.3, 0.4) is 0 Å². The maximum atomic E-state index is 13.6. The smallest absolute Gasteiger partial charge is 0.321 e. The van der Waals surface area contributed by atoms with Crippen LogP contribution in [0.5, 0.6) is 5.75 Å². The van der Waals surface area contributed by atoms with Gasteiger partial charge in [0.15, 0.2) is 21.4 Å². The van der Waals surface area contributed by atoms with Gasteiger partial charge in [-0.25, -0.2) is 25.3 Å². The van der Waals surface area contributed by atoms with Crippen molar-refractivity contribution in [3.05, 3.63) is 48.6 Å². The summed E-state index contributed by atoms with van der Waals surface area (Å²) < 4.78 is 77.6. The number of benzene rings is 4. The summed E-state index contributed by atoms with van der Waals surface area (Å²) in [5, 5.41) is 23.5. The molecule has 0 aromatic heterocycles. The lowest BCUT2D eigenvalue weighted by Crippen LogP contribution is -2.40. The van der Waals surface area contributed by atoms with Crippen molar-refractivity contribution in [2.75, 3.05) is 6.54 Å². The van der Waals surface area contributed by atoms with Gasteiger partial charge in [0, 0.05) is 44.4 Å². The molecule has 0 saturated heterocycles. The Morgan fingerprint density at radius 3 is 2.00 bits per heavy atom. The maximum Gasteiger partial charge on any atom is 0.321 e. The van der Waals surface area contributed by atoms with Gasteiger partial charge in [0.1, 0.15) is 11.8 Å². The van der Waals surface area contributed by atoms with Gasteiger partial charge < -0.3 is 15.5 Å². The fraction of sp³-hybridized carbons (Fsp3) is 0.231. The van der Waals surface area contributed by atoms with E-state index in [2.05, 4.69) is 16.6 Å². The number of hydrogen-bond donors (Lipinski definition) is 6. The van der Waals surface area contributed by atoms with Gasteiger partial charge in [0.2, 0.25) is 15.9 Å². The molecule has 0 heterocycles. The Morgan fingerprint density at radius 2 is 1.44 bits per heavy atom. The van der Waals surface area contributed by atoms with Crippen LogP contribution < -0.4 is 10.0 Å². The second kappa shape index (κ2) is 11.6. The average molecular weight is 623 g/mol. The minimum atomic E-state index is -4.65. The molecule has 0 saturated carbocycles. The molecule has 0 aliphatic rings. The molecule has 12 nitrogen and oxygen atoms in total. The Morgan fingerprint density at radius 1 is 0.902 bits per heavy atom. The third kappa shape index (κ3) is 5.84. The quantitative estimate of drug-likeness (QED) is 0.0586. The van der Waals surface area contributed by atoms with Gasteiger partial charge in [0.05, 0.1) is 14.7 Å². The molecule has 0 spiro atoms. The number of carboxylic acid groups (broad SMARTS) is 1. The summed E-state index contributed by atoms with van der Waals surface area (Å²) in [6.07, 6.45) is 0.471. The number of phenolic OH excluding ortho intramolecular Hbond substituents is 1. The van der Waals surface area contributed by atoms with E-state index < -0.39 is 54.1 Å². The highest BCUT2D eigenvalue weighted by atomic mass is 32.2. The van der Waals surface area contributed by atoms with E-state index >= 15 is 0 Å². The number of thiol groups is 2. The molecule has 4 aromatic carbocycles. The molecule has 1 unspecified atom stereocenters. The number of carboxylic acids is 1. The summed E-state index contributed by atoms with van der Waals surface area (Å²) in [7, 11) is -11.2. The summed E-state index contributed by atoms with van der Waals surface area (Å²) in [4.78, 5) is 22.4. The highest BCUT2D eigenvalue weighted by molar-refractivity contribution is 7.89. The number of hydrogen-bond acceptors (Lipinski definition) is 9. The molecule has 4 N–H and O–H groups in total. The van der Waals surface area contributed by atoms with Crippen LogP contribution in [0.1, 0.15) is 26.2 Å². The molecule has 0 aliphatic carbocycles. The Labute approximate surface area is 238 Å². The van der Waals surface area contributed by atoms with E-state index in [4.69, 9.17) is 0 Å². The van der Waals surface area contributed by atoms with E-state index in [0.717, 1.165) is 12.1 Å². The van der Waals surface area contributed by atoms with E-state index in [9.17, 15) is 45.1 Å². The molecular formula is C26H26N2O10S3. The highest BCUT2D eigenvalue weighted by Gasteiger charge is 2.29. The van der Waals surface area contributed by atoms with Crippen molar-refractivity contribution < 1.29 is 45.1 Å². The minimum absolute atomic E-state index is 0.00974. The molecule has 0 radical (unpaired) electrons. The number of phenols is 1. The fourth-order valence-electron chi connectivity index (χ4n) is 4.74. The number of unbranched alkanes of at least 4 members (excludes halogenated alkanes) is 1. The third-order valence-electron chi connectivity index (χ3n) is 6.67. The largest absolute Gasteiger partial charge is 0.507 e. The van der Waals surface area contributed by atoms with E-state index in [-0.39, 0.29) is 67.4 Å². The van der Waals surface area contributed by atoms with Gasteiger partial charge in [-0.15, -0.1) is 0 Å². The van der Waals surface area contributed by atoms with Crippen molar-refractivity contribution in [3.63, 3.8) is 0 Å². The number of sulfonamides is 1. The van der Waals surface area contributed by atoms with Crippen LogP contribution in [0.2, 0.25) is 0 Å². The third-order valence-corrected chi connectivity index (χ3v) is 9.70. The van der Waals surface area contributed by atoms with E-state index in [1.807, 2.05) is 0 Å². The molecule has 41 heavy (non-hydrogen) atoms. The van der Waals surface area contributed by atoms with Crippen LogP contribution in [-0.2, 0) is 41.0 Å². The molecule has 1 atom stereocenters. The van der Waals surface area contributed by atoms with E-state index in [1.54, 1.807) is 0 Å². The molecule has 15 heteroatoms. The zero-order chi connectivity index (χ0) is 30.2. The van der Waals surface area contributed by atoms with E-state index in [0.29, 0.717) is 12.0 Å². The first kappa shape index (κ1) is 30.2. The van der Waals surface area contributed by atoms with Crippen LogP contribution in [0.15, 0.2) is 63.2 Å². The SMILES string of the molecule is C=C(C)C(=O)NCCCCC(NS(=O)(=O)c1cc([SH](=O)=O)c2ccc3c([SH](=O)=O)cc(O)c4ccc1c2c43)C(=O)O. The van der Waals surface area contributed by atoms with Crippen molar-refractivity contribution in [2.24, 2.45) is 0 Å². The summed E-state index contributed by atoms with van der Waals surface area (Å²) in [6, 6.07) is 5.89. The number of nitrogens with one attached hydrogen (secondary N) is 2. The Kier molecular flexibility index (Phi) is 8.54. The maximum absolute atomic E-state index is 13.6. The molecule has 218 valence electrons. The monoisotopic (exact) mass is 622 g/mol. The first-order chi connectivity index (χ1) is 19.2. The fourth-order valence-corrected chi connectivity index (χ4v) is 7.51. The summed E-state index contributed by atoms with van der Waals surface area (Å²) >= 11 is 0. The highest BCUT2D eigenvalue weighted by Crippen LogP contribution is 2.43. The molecule has 4 aromatic rings. The summed E-state index contributed by atoms with van der Waals surface area (Å²) in [5.74, 6) is -2.21. The van der Waals surface area contributed by atoms with Crippen LogP contribution >= 0.6 is 0 Å². The number of aromatic hydroxyl groups is 1. The molecule has 1 amide bonds. The summed E-state index contributed by atoms with van der Waals surface area (Å²) in [6.45, 7) is 5.27. The van der Waals surface area contributed by atoms with E-state index in [1.165, 1.54) is 31.2 Å². The first-order valence-electron chi connectivity index (χ1n) is 12.2. The van der Waals surface area contributed by atoms with Crippen LogP contribution in [-0.4, -0.2) is 59.9 Å². The Balaban J connectivity index is 1.81. The number of amides is 1. The number of carbonyl (C=O) groups excluding carboxylic acids is 1. The van der Waals surface area contributed by atoms with Crippen molar-refractivity contribution in [2.45, 2.75) is 46.9 Å². The lowest BCUT2D eigenvalue weighted by molar-refractivity contribution is -0.139. The van der Waals surface area contributed by atoms with Crippen LogP contribution in [0.4, 0.5) is 0 Å². The van der Waals surface area contributed by atoms with Crippen molar-refractivity contribution >= 4 is 75.6 Å². The normalized spacial score (nSPS) is 13.0. The zero-order valence-corrected chi connectivity index (χ0v) is 24.1. The van der Waals surface area contributed by atoms with Gasteiger partial charge >= 0.3 is 5.97 Å².